The highest BCUT2D eigenvalue weighted by molar-refractivity contribution is 6.41. The number of halogens is 2. The molecule has 1 saturated heterocycles. The minimum absolute atomic E-state index is 0.183. The molecule has 0 aromatic heterocycles. The van der Waals surface area contributed by atoms with Gasteiger partial charge in [-0.2, -0.15) is 0 Å². The van der Waals surface area contributed by atoms with Crippen LogP contribution in [-0.4, -0.2) is 29.9 Å². The number of nitrogens with zero attached hydrogens (tertiary/aromatic N) is 2. The molecule has 5 heteroatoms. The summed E-state index contributed by atoms with van der Waals surface area (Å²) >= 11 is 12.5. The van der Waals surface area contributed by atoms with Gasteiger partial charge in [0.05, 0.1) is 10.0 Å². The van der Waals surface area contributed by atoms with Crippen LogP contribution in [-0.2, 0) is 4.84 Å². The van der Waals surface area contributed by atoms with Gasteiger partial charge in [-0.25, -0.2) is 0 Å². The summed E-state index contributed by atoms with van der Waals surface area (Å²) in [6, 6.07) is 5.41. The summed E-state index contributed by atoms with van der Waals surface area (Å²) in [4.78, 5) is 7.85. The van der Waals surface area contributed by atoms with Crippen LogP contribution < -0.4 is 0 Å². The Morgan fingerprint density at radius 2 is 1.80 bits per heavy atom. The number of rotatable bonds is 2. The minimum atomic E-state index is -0.183. The van der Waals surface area contributed by atoms with Gasteiger partial charge < -0.3 is 4.84 Å². The first-order valence-corrected chi connectivity index (χ1v) is 7.55. The molecule has 0 N–H and O–H groups in total. The number of hydrogen-bond donors (Lipinski definition) is 0. The van der Waals surface area contributed by atoms with Gasteiger partial charge in [-0.05, 0) is 25.0 Å². The largest absolute Gasteiger partial charge is 0.371 e. The van der Waals surface area contributed by atoms with Crippen molar-refractivity contribution in [3.05, 3.63) is 46.0 Å². The van der Waals surface area contributed by atoms with E-state index in [2.05, 4.69) is 16.6 Å². The van der Waals surface area contributed by atoms with Gasteiger partial charge in [-0.3, -0.25) is 4.90 Å². The van der Waals surface area contributed by atoms with Crippen LogP contribution in [0.5, 0.6) is 0 Å². The zero-order valence-corrected chi connectivity index (χ0v) is 12.6. The Morgan fingerprint density at radius 1 is 1.15 bits per heavy atom. The maximum absolute atomic E-state index is 6.23. The van der Waals surface area contributed by atoms with Crippen molar-refractivity contribution >= 4 is 28.9 Å². The van der Waals surface area contributed by atoms with Crippen LogP contribution in [0, 0.1) is 0 Å². The van der Waals surface area contributed by atoms with Gasteiger partial charge in [0.25, 0.3) is 0 Å². The Labute approximate surface area is 128 Å². The Morgan fingerprint density at radius 3 is 2.45 bits per heavy atom. The predicted molar refractivity (Wildman–Crippen MR) is 82.4 cm³/mol. The molecule has 1 fully saturated rings. The SMILES string of the molecule is C=C1C(c2c(Cl)cccc2Cl)=NOC1N1CCCCC1. The Balaban J connectivity index is 1.85. The van der Waals surface area contributed by atoms with Gasteiger partial charge in [0, 0.05) is 24.2 Å². The molecule has 2 aliphatic rings. The van der Waals surface area contributed by atoms with E-state index in [1.54, 1.807) is 12.1 Å². The number of likely N-dealkylation sites (tertiary alicyclic amines) is 1. The highest BCUT2D eigenvalue weighted by atomic mass is 35.5. The molecular weight excluding hydrogens is 295 g/mol. The molecule has 0 spiro atoms. The van der Waals surface area contributed by atoms with Crippen molar-refractivity contribution in [3.63, 3.8) is 0 Å². The van der Waals surface area contributed by atoms with Crippen molar-refractivity contribution in [2.75, 3.05) is 13.1 Å². The average molecular weight is 311 g/mol. The third-order valence-electron chi connectivity index (χ3n) is 3.77. The Bertz CT molecular complexity index is 545. The lowest BCUT2D eigenvalue weighted by Gasteiger charge is -2.30. The van der Waals surface area contributed by atoms with Crippen molar-refractivity contribution in [3.8, 4) is 0 Å². The van der Waals surface area contributed by atoms with Crippen molar-refractivity contribution in [2.45, 2.75) is 25.5 Å². The molecular formula is C15H16Cl2N2O. The third-order valence-corrected chi connectivity index (χ3v) is 4.40. The van der Waals surface area contributed by atoms with Gasteiger partial charge in [0.2, 0.25) is 6.23 Å². The summed E-state index contributed by atoms with van der Waals surface area (Å²) in [5, 5.41) is 5.31. The second-order valence-corrected chi connectivity index (χ2v) is 5.93. The number of piperidine rings is 1. The van der Waals surface area contributed by atoms with Gasteiger partial charge in [-0.1, -0.05) is 47.4 Å². The maximum Gasteiger partial charge on any atom is 0.208 e. The van der Waals surface area contributed by atoms with E-state index in [0.29, 0.717) is 21.3 Å². The van der Waals surface area contributed by atoms with E-state index >= 15 is 0 Å². The molecule has 1 atom stereocenters. The summed E-state index contributed by atoms with van der Waals surface area (Å²) in [6.07, 6.45) is 3.47. The zero-order chi connectivity index (χ0) is 14.1. The molecule has 0 bridgehead atoms. The van der Waals surface area contributed by atoms with Crippen molar-refractivity contribution in [1.29, 1.82) is 0 Å². The zero-order valence-electron chi connectivity index (χ0n) is 11.1. The minimum Gasteiger partial charge on any atom is -0.371 e. The molecule has 1 aromatic rings. The molecule has 2 aliphatic heterocycles. The van der Waals surface area contributed by atoms with E-state index in [1.165, 1.54) is 19.3 Å². The molecule has 2 heterocycles. The second-order valence-electron chi connectivity index (χ2n) is 5.12. The second kappa shape index (κ2) is 5.76. The standard InChI is InChI=1S/C15H16Cl2N2O/c1-10-14(13-11(16)6-5-7-12(13)17)18-20-15(10)19-8-3-2-4-9-19/h5-7,15H,1-4,8-9H2. The Hall–Kier alpha value is -1.03. The first-order valence-electron chi connectivity index (χ1n) is 6.80. The van der Waals surface area contributed by atoms with Gasteiger partial charge >= 0.3 is 0 Å². The van der Waals surface area contributed by atoms with Crippen LogP contribution in [0.4, 0.5) is 0 Å². The van der Waals surface area contributed by atoms with E-state index in [-0.39, 0.29) is 6.23 Å². The van der Waals surface area contributed by atoms with Crippen LogP contribution in [0.3, 0.4) is 0 Å². The van der Waals surface area contributed by atoms with Crippen LogP contribution in [0.15, 0.2) is 35.5 Å². The summed E-state index contributed by atoms with van der Waals surface area (Å²) in [5.41, 5.74) is 2.21. The van der Waals surface area contributed by atoms with E-state index in [1.807, 2.05) is 6.07 Å². The lowest BCUT2D eigenvalue weighted by molar-refractivity contribution is -0.0263. The summed E-state index contributed by atoms with van der Waals surface area (Å²) in [7, 11) is 0. The highest BCUT2D eigenvalue weighted by Gasteiger charge is 2.34. The molecule has 0 saturated carbocycles. The maximum atomic E-state index is 6.23. The normalized spacial score (nSPS) is 23.6. The summed E-state index contributed by atoms with van der Waals surface area (Å²) < 4.78 is 0. The van der Waals surface area contributed by atoms with Crippen LogP contribution in [0.25, 0.3) is 0 Å². The number of oxime groups is 1. The molecule has 20 heavy (non-hydrogen) atoms. The number of hydrogen-bond acceptors (Lipinski definition) is 3. The summed E-state index contributed by atoms with van der Waals surface area (Å²) in [5.74, 6) is 0. The van der Waals surface area contributed by atoms with Gasteiger partial charge in [0.15, 0.2) is 0 Å². The predicted octanol–water partition coefficient (Wildman–Crippen LogP) is 4.10. The fourth-order valence-electron chi connectivity index (χ4n) is 2.71. The molecule has 0 aliphatic carbocycles. The van der Waals surface area contributed by atoms with Crippen molar-refractivity contribution in [2.24, 2.45) is 5.16 Å². The molecule has 1 aromatic carbocycles. The van der Waals surface area contributed by atoms with E-state index < -0.39 is 0 Å². The fraction of sp³-hybridized carbons (Fsp3) is 0.400. The first-order chi connectivity index (χ1) is 9.68. The fourth-order valence-corrected chi connectivity index (χ4v) is 3.29. The topological polar surface area (TPSA) is 24.8 Å². The summed E-state index contributed by atoms with van der Waals surface area (Å²) in [6.45, 7) is 6.17. The molecule has 106 valence electrons. The van der Waals surface area contributed by atoms with Gasteiger partial charge in [0.1, 0.15) is 5.71 Å². The number of benzene rings is 1. The van der Waals surface area contributed by atoms with Crippen molar-refractivity contribution < 1.29 is 4.84 Å². The molecule has 3 nitrogen and oxygen atoms in total. The van der Waals surface area contributed by atoms with Gasteiger partial charge in [-0.15, -0.1) is 0 Å². The monoisotopic (exact) mass is 310 g/mol. The lowest BCUT2D eigenvalue weighted by atomic mass is 10.0. The van der Waals surface area contributed by atoms with E-state index in [4.69, 9.17) is 28.0 Å². The van der Waals surface area contributed by atoms with Crippen LogP contribution >= 0.6 is 23.2 Å². The van der Waals surface area contributed by atoms with Crippen LogP contribution in [0.2, 0.25) is 10.0 Å². The van der Waals surface area contributed by atoms with E-state index in [0.717, 1.165) is 18.7 Å². The first kappa shape index (κ1) is 13.9. The smallest absolute Gasteiger partial charge is 0.208 e. The third kappa shape index (κ3) is 2.46. The average Bonchev–Trinajstić information content (AvgIpc) is 2.82. The quantitative estimate of drug-likeness (QED) is 0.821. The molecule has 0 amide bonds. The Kier molecular flexibility index (Phi) is 4.01. The molecule has 1 unspecified atom stereocenters. The lowest BCUT2D eigenvalue weighted by Crippen LogP contribution is -2.40. The highest BCUT2D eigenvalue weighted by Crippen LogP contribution is 2.32. The van der Waals surface area contributed by atoms with Crippen molar-refractivity contribution in [1.82, 2.24) is 4.90 Å². The molecule has 3 rings (SSSR count). The molecule has 0 radical (unpaired) electrons. The van der Waals surface area contributed by atoms with E-state index in [9.17, 15) is 0 Å². The van der Waals surface area contributed by atoms with Crippen LogP contribution in [0.1, 0.15) is 24.8 Å².